The number of esters is 2. The molecular formula is C15H13F3O4. The Morgan fingerprint density at radius 2 is 1.45 bits per heavy atom. The van der Waals surface area contributed by atoms with Crippen molar-refractivity contribution >= 4 is 24.1 Å². The van der Waals surface area contributed by atoms with Gasteiger partial charge in [-0.1, -0.05) is 6.07 Å². The van der Waals surface area contributed by atoms with E-state index in [2.05, 4.69) is 9.47 Å². The van der Waals surface area contributed by atoms with E-state index >= 15 is 0 Å². The molecule has 0 atom stereocenters. The molecule has 0 aliphatic carbocycles. The standard InChI is InChI=1S/C15H13F3O4/c1-21-13(19)7-4-10-3-6-12(15(16,17)18)9-11(10)5-8-14(20)22-2/h3-9H,1-2H3. The van der Waals surface area contributed by atoms with Crippen LogP contribution in [-0.2, 0) is 25.2 Å². The Balaban J connectivity index is 3.25. The van der Waals surface area contributed by atoms with Crippen molar-refractivity contribution in [2.24, 2.45) is 0 Å². The quantitative estimate of drug-likeness (QED) is 0.633. The second-order valence-corrected chi connectivity index (χ2v) is 4.05. The van der Waals surface area contributed by atoms with Crippen molar-refractivity contribution in [3.63, 3.8) is 0 Å². The minimum atomic E-state index is -4.52. The topological polar surface area (TPSA) is 52.6 Å². The maximum Gasteiger partial charge on any atom is 0.416 e. The monoisotopic (exact) mass is 314 g/mol. The van der Waals surface area contributed by atoms with Crippen LogP contribution in [0, 0.1) is 0 Å². The number of alkyl halides is 3. The summed E-state index contributed by atoms with van der Waals surface area (Å²) in [5.41, 5.74) is -0.439. The fourth-order valence-electron chi connectivity index (χ4n) is 1.50. The summed E-state index contributed by atoms with van der Waals surface area (Å²) in [7, 11) is 2.33. The van der Waals surface area contributed by atoms with Crippen molar-refractivity contribution in [1.82, 2.24) is 0 Å². The van der Waals surface area contributed by atoms with E-state index in [9.17, 15) is 22.8 Å². The maximum atomic E-state index is 12.7. The first-order valence-corrected chi connectivity index (χ1v) is 6.01. The van der Waals surface area contributed by atoms with Crippen LogP contribution in [0.4, 0.5) is 13.2 Å². The zero-order chi connectivity index (χ0) is 16.8. The number of hydrogen-bond acceptors (Lipinski definition) is 4. The van der Waals surface area contributed by atoms with Crippen molar-refractivity contribution in [2.45, 2.75) is 6.18 Å². The van der Waals surface area contributed by atoms with Crippen LogP contribution in [0.3, 0.4) is 0 Å². The average molecular weight is 314 g/mol. The molecule has 0 amide bonds. The SMILES string of the molecule is COC(=O)C=Cc1ccc(C(F)(F)F)cc1C=CC(=O)OC. The molecule has 0 unspecified atom stereocenters. The summed E-state index contributed by atoms with van der Waals surface area (Å²) in [5, 5.41) is 0. The van der Waals surface area contributed by atoms with Gasteiger partial charge in [0.05, 0.1) is 19.8 Å². The average Bonchev–Trinajstić information content (AvgIpc) is 2.49. The highest BCUT2D eigenvalue weighted by Gasteiger charge is 2.30. The minimum absolute atomic E-state index is 0.111. The first kappa shape index (κ1) is 17.5. The maximum absolute atomic E-state index is 12.7. The molecule has 1 aromatic carbocycles. The van der Waals surface area contributed by atoms with Crippen LogP contribution in [0.1, 0.15) is 16.7 Å². The molecule has 0 N–H and O–H groups in total. The lowest BCUT2D eigenvalue weighted by Crippen LogP contribution is -2.05. The predicted octanol–water partition coefficient (Wildman–Crippen LogP) is 3.08. The number of ether oxygens (including phenoxy) is 2. The molecule has 1 rings (SSSR count). The highest BCUT2D eigenvalue weighted by atomic mass is 19.4. The summed E-state index contributed by atoms with van der Waals surface area (Å²) in [5.74, 6) is -1.36. The van der Waals surface area contributed by atoms with Gasteiger partial charge in [-0.05, 0) is 35.4 Å². The molecule has 7 heteroatoms. The summed E-state index contributed by atoms with van der Waals surface area (Å²) in [6.45, 7) is 0. The molecule has 0 saturated heterocycles. The normalized spacial score (nSPS) is 11.9. The summed E-state index contributed by atoms with van der Waals surface area (Å²) in [6.07, 6.45) is 0.0163. The van der Waals surface area contributed by atoms with Crippen LogP contribution in [0.25, 0.3) is 12.2 Å². The Hall–Kier alpha value is -2.57. The molecule has 0 saturated carbocycles. The highest BCUT2D eigenvalue weighted by molar-refractivity contribution is 5.90. The van der Waals surface area contributed by atoms with Crippen LogP contribution in [0.2, 0.25) is 0 Å². The van der Waals surface area contributed by atoms with E-state index in [0.717, 1.165) is 31.4 Å². The molecule has 0 aliphatic heterocycles. The number of carbonyl (C=O) groups excluding carboxylic acids is 2. The van der Waals surface area contributed by atoms with E-state index in [0.29, 0.717) is 5.56 Å². The van der Waals surface area contributed by atoms with Gasteiger partial charge in [0.15, 0.2) is 0 Å². The first-order chi connectivity index (χ1) is 10.3. The molecule has 1 aromatic rings. The molecule has 118 valence electrons. The molecule has 0 heterocycles. The molecule has 0 radical (unpaired) electrons. The van der Waals surface area contributed by atoms with Crippen LogP contribution in [0.15, 0.2) is 30.4 Å². The number of methoxy groups -OCH3 is 2. The molecule has 0 bridgehead atoms. The lowest BCUT2D eigenvalue weighted by molar-refractivity contribution is -0.137. The lowest BCUT2D eigenvalue weighted by Gasteiger charge is -2.09. The van der Waals surface area contributed by atoms with Crippen LogP contribution in [-0.4, -0.2) is 26.2 Å². The smallest absolute Gasteiger partial charge is 0.416 e. The Kier molecular flexibility index (Phi) is 5.91. The van der Waals surface area contributed by atoms with Gasteiger partial charge >= 0.3 is 18.1 Å². The van der Waals surface area contributed by atoms with Crippen molar-refractivity contribution < 1.29 is 32.2 Å². The minimum Gasteiger partial charge on any atom is -0.466 e. The molecule has 4 nitrogen and oxygen atoms in total. The van der Waals surface area contributed by atoms with E-state index in [1.807, 2.05) is 0 Å². The fourth-order valence-corrected chi connectivity index (χ4v) is 1.50. The number of benzene rings is 1. The summed E-state index contributed by atoms with van der Waals surface area (Å²) in [6, 6.07) is 2.95. The van der Waals surface area contributed by atoms with E-state index in [1.54, 1.807) is 0 Å². The highest BCUT2D eigenvalue weighted by Crippen LogP contribution is 2.31. The number of halogens is 3. The largest absolute Gasteiger partial charge is 0.466 e. The van der Waals surface area contributed by atoms with E-state index < -0.39 is 23.7 Å². The number of rotatable bonds is 4. The van der Waals surface area contributed by atoms with Crippen LogP contribution < -0.4 is 0 Å². The lowest BCUT2D eigenvalue weighted by atomic mass is 10.0. The zero-order valence-electron chi connectivity index (χ0n) is 11.8. The van der Waals surface area contributed by atoms with E-state index in [-0.39, 0.29) is 5.56 Å². The predicted molar refractivity (Wildman–Crippen MR) is 73.5 cm³/mol. The molecule has 0 fully saturated rings. The Morgan fingerprint density at radius 1 is 0.955 bits per heavy atom. The third-order valence-electron chi connectivity index (χ3n) is 2.61. The molecular weight excluding hydrogens is 301 g/mol. The molecule has 0 aromatic heterocycles. The molecule has 0 aliphatic rings. The van der Waals surface area contributed by atoms with Gasteiger partial charge in [0.1, 0.15) is 0 Å². The number of carbonyl (C=O) groups is 2. The van der Waals surface area contributed by atoms with Gasteiger partial charge in [-0.15, -0.1) is 0 Å². The van der Waals surface area contributed by atoms with Crippen molar-refractivity contribution in [1.29, 1.82) is 0 Å². The van der Waals surface area contributed by atoms with Crippen molar-refractivity contribution in [2.75, 3.05) is 14.2 Å². The third kappa shape index (κ3) is 5.08. The number of hydrogen-bond donors (Lipinski definition) is 0. The second kappa shape index (κ2) is 7.44. The van der Waals surface area contributed by atoms with Crippen molar-refractivity contribution in [3.8, 4) is 0 Å². The van der Waals surface area contributed by atoms with Crippen LogP contribution in [0.5, 0.6) is 0 Å². The van der Waals surface area contributed by atoms with Crippen LogP contribution >= 0.6 is 0 Å². The van der Waals surface area contributed by atoms with Gasteiger partial charge in [0, 0.05) is 12.2 Å². The van der Waals surface area contributed by atoms with Gasteiger partial charge < -0.3 is 9.47 Å². The Labute approximate surface area is 124 Å². The van der Waals surface area contributed by atoms with Gasteiger partial charge in [-0.25, -0.2) is 9.59 Å². The molecule has 22 heavy (non-hydrogen) atoms. The zero-order valence-corrected chi connectivity index (χ0v) is 11.8. The van der Waals surface area contributed by atoms with Gasteiger partial charge in [-0.3, -0.25) is 0 Å². The second-order valence-electron chi connectivity index (χ2n) is 4.05. The van der Waals surface area contributed by atoms with Gasteiger partial charge in [0.2, 0.25) is 0 Å². The van der Waals surface area contributed by atoms with Crippen molar-refractivity contribution in [3.05, 3.63) is 47.0 Å². The van der Waals surface area contributed by atoms with Gasteiger partial charge in [-0.2, -0.15) is 13.2 Å². The fraction of sp³-hybridized carbons (Fsp3) is 0.200. The van der Waals surface area contributed by atoms with E-state index in [4.69, 9.17) is 0 Å². The summed E-state index contributed by atoms with van der Waals surface area (Å²) < 4.78 is 47.0. The first-order valence-electron chi connectivity index (χ1n) is 6.01. The Morgan fingerprint density at radius 3 is 1.91 bits per heavy atom. The summed E-state index contributed by atoms with van der Waals surface area (Å²) >= 11 is 0. The Bertz CT molecular complexity index is 616. The molecule has 0 spiro atoms. The third-order valence-corrected chi connectivity index (χ3v) is 2.61. The van der Waals surface area contributed by atoms with Gasteiger partial charge in [0.25, 0.3) is 0 Å². The summed E-state index contributed by atoms with van der Waals surface area (Å²) in [4.78, 5) is 22.1. The van der Waals surface area contributed by atoms with E-state index in [1.165, 1.54) is 25.3 Å².